The summed E-state index contributed by atoms with van der Waals surface area (Å²) in [4.78, 5) is 28.5. The Morgan fingerprint density at radius 2 is 1.58 bits per heavy atom. The van der Waals surface area contributed by atoms with Crippen LogP contribution < -0.4 is 5.32 Å². The van der Waals surface area contributed by atoms with Crippen LogP contribution in [-0.4, -0.2) is 57.1 Å². The maximum absolute atomic E-state index is 12.9. The van der Waals surface area contributed by atoms with Crippen molar-refractivity contribution in [1.82, 2.24) is 25.2 Å². The molecule has 1 fully saturated rings. The highest BCUT2D eigenvalue weighted by atomic mass is 16.7. The second-order valence-corrected chi connectivity index (χ2v) is 13.4. The molecule has 2 aromatic heterocycles. The lowest BCUT2D eigenvalue weighted by atomic mass is 9.90. The molecule has 0 aliphatic carbocycles. The number of pyridine rings is 1. The minimum Gasteiger partial charge on any atom is -0.392 e. The van der Waals surface area contributed by atoms with Gasteiger partial charge in [-0.3, -0.25) is 14.8 Å². The van der Waals surface area contributed by atoms with E-state index in [-0.39, 0.29) is 36.3 Å². The van der Waals surface area contributed by atoms with Gasteiger partial charge >= 0.3 is 0 Å². The van der Waals surface area contributed by atoms with Gasteiger partial charge in [-0.15, -0.1) is 0 Å². The molecule has 0 bridgehead atoms. The third-order valence-corrected chi connectivity index (χ3v) is 9.67. The molecule has 9 nitrogen and oxygen atoms in total. The first-order valence-corrected chi connectivity index (χ1v) is 17.7. The van der Waals surface area contributed by atoms with E-state index in [1.807, 2.05) is 79.0 Å². The summed E-state index contributed by atoms with van der Waals surface area (Å²) in [5.41, 5.74) is 8.72. The Morgan fingerprint density at radius 1 is 0.808 bits per heavy atom. The number of fused-ring (bicyclic) bond motifs is 1. The first-order chi connectivity index (χ1) is 25.4. The van der Waals surface area contributed by atoms with Crippen LogP contribution in [0, 0.1) is 5.92 Å². The normalized spacial score (nSPS) is 18.8. The van der Waals surface area contributed by atoms with E-state index in [0.717, 1.165) is 64.1 Å². The van der Waals surface area contributed by atoms with Crippen molar-refractivity contribution in [2.24, 2.45) is 5.92 Å². The lowest BCUT2D eigenvalue weighted by molar-refractivity contribution is -0.275. The number of para-hydroxylation sites is 2. The highest BCUT2D eigenvalue weighted by Gasteiger charge is 2.38. The highest BCUT2D eigenvalue weighted by Crippen LogP contribution is 2.42. The van der Waals surface area contributed by atoms with Crippen LogP contribution in [0.25, 0.3) is 22.2 Å². The van der Waals surface area contributed by atoms with Gasteiger partial charge in [0.2, 0.25) is 0 Å². The molecule has 0 radical (unpaired) electrons. The maximum atomic E-state index is 12.9. The second-order valence-electron chi connectivity index (χ2n) is 13.4. The fourth-order valence-corrected chi connectivity index (χ4v) is 6.61. The van der Waals surface area contributed by atoms with E-state index in [4.69, 9.17) is 9.47 Å². The number of ether oxygens (including phenoxy) is 2. The molecule has 1 amide bonds. The van der Waals surface area contributed by atoms with Gasteiger partial charge in [-0.25, -0.2) is 4.98 Å². The van der Waals surface area contributed by atoms with Gasteiger partial charge in [-0.1, -0.05) is 91.9 Å². The van der Waals surface area contributed by atoms with Crippen molar-refractivity contribution in [1.29, 1.82) is 0 Å². The van der Waals surface area contributed by atoms with Gasteiger partial charge in [0, 0.05) is 49.4 Å². The average Bonchev–Trinajstić information content (AvgIpc) is 3.20. The second kappa shape index (κ2) is 16.4. The maximum Gasteiger partial charge on any atom is 0.271 e. The monoisotopic (exact) mass is 693 g/mol. The summed E-state index contributed by atoms with van der Waals surface area (Å²) in [7, 11) is 2.13. The fraction of sp³-hybridized carbons (Fsp3) is 0.256. The first kappa shape index (κ1) is 35.1. The summed E-state index contributed by atoms with van der Waals surface area (Å²) in [5.74, 6) is -0.181. The van der Waals surface area contributed by atoms with Gasteiger partial charge in [0.25, 0.3) is 5.91 Å². The van der Waals surface area contributed by atoms with Crippen LogP contribution >= 0.6 is 0 Å². The standard InChI is InChI=1S/C43H43N5O4/c1-29-40(27-48(2)23-21-36-10-5-6-22-44-36)51-43(52-41(29)33-15-13-30(28-49)14-16-33)34-19-17-32(18-20-34)35-9-7-8-31(24-35)25-46-42(50)39-26-45-37-11-3-4-12-38(37)47-39/h3-20,22,24,26,29,40-41,43,49H,21,23,25,27-28H2,1-2H3,(H,46,50)/t29-,40+,41+,43+/m1/s1. The molecule has 4 aromatic carbocycles. The Bertz CT molecular complexity index is 2090. The van der Waals surface area contributed by atoms with Crippen LogP contribution in [0.4, 0.5) is 0 Å². The van der Waals surface area contributed by atoms with Crippen LogP contribution in [0.1, 0.15) is 57.8 Å². The Labute approximate surface area is 304 Å². The molecule has 9 heteroatoms. The summed E-state index contributed by atoms with van der Waals surface area (Å²) in [6.07, 6.45) is 3.38. The fourth-order valence-electron chi connectivity index (χ4n) is 6.61. The number of amides is 1. The lowest BCUT2D eigenvalue weighted by Gasteiger charge is -2.42. The summed E-state index contributed by atoms with van der Waals surface area (Å²) in [6.45, 7) is 4.15. The zero-order valence-electron chi connectivity index (χ0n) is 29.4. The molecule has 1 saturated heterocycles. The topological polar surface area (TPSA) is 110 Å². The molecular weight excluding hydrogens is 651 g/mol. The number of likely N-dealkylation sites (N-methyl/N-ethyl adjacent to an activating group) is 1. The van der Waals surface area contributed by atoms with Crippen molar-refractivity contribution in [3.8, 4) is 11.1 Å². The van der Waals surface area contributed by atoms with Crippen LogP contribution in [0.15, 0.2) is 128 Å². The van der Waals surface area contributed by atoms with Crippen LogP contribution in [-0.2, 0) is 29.0 Å². The Hall–Kier alpha value is -5.32. The van der Waals surface area contributed by atoms with Gasteiger partial charge < -0.3 is 24.8 Å². The molecule has 52 heavy (non-hydrogen) atoms. The summed E-state index contributed by atoms with van der Waals surface area (Å²) >= 11 is 0. The number of aliphatic hydroxyl groups excluding tert-OH is 1. The lowest BCUT2D eigenvalue weighted by Crippen LogP contribution is -2.43. The number of rotatable bonds is 12. The number of nitrogens with one attached hydrogen (secondary N) is 1. The van der Waals surface area contributed by atoms with Crippen molar-refractivity contribution < 1.29 is 19.4 Å². The molecule has 0 unspecified atom stereocenters. The molecular formula is C43H43N5O4. The SMILES string of the molecule is C[C@@H]1[C@H](CN(C)CCc2ccccn2)O[C@H](c2ccc(-c3cccc(CNC(=O)c4cnc5ccccc5n4)c3)cc2)O[C@@H]1c1ccc(CO)cc1. The number of benzene rings is 4. The van der Waals surface area contributed by atoms with E-state index in [0.29, 0.717) is 12.1 Å². The van der Waals surface area contributed by atoms with Crippen molar-refractivity contribution in [3.05, 3.63) is 161 Å². The number of hydrogen-bond donors (Lipinski definition) is 2. The van der Waals surface area contributed by atoms with E-state index in [1.165, 1.54) is 6.20 Å². The van der Waals surface area contributed by atoms with Crippen molar-refractivity contribution in [3.63, 3.8) is 0 Å². The number of carbonyl (C=O) groups is 1. The zero-order valence-corrected chi connectivity index (χ0v) is 29.4. The number of hydrogen-bond acceptors (Lipinski definition) is 8. The summed E-state index contributed by atoms with van der Waals surface area (Å²) in [5, 5.41) is 12.6. The Morgan fingerprint density at radius 3 is 2.35 bits per heavy atom. The quantitative estimate of drug-likeness (QED) is 0.140. The number of carbonyl (C=O) groups excluding carboxylic acids is 1. The molecule has 0 spiro atoms. The van der Waals surface area contributed by atoms with Gasteiger partial charge in [-0.05, 0) is 65.2 Å². The minimum atomic E-state index is -0.554. The Balaban J connectivity index is 1.04. The molecule has 0 saturated carbocycles. The van der Waals surface area contributed by atoms with Gasteiger partial charge in [0.05, 0.1) is 36.0 Å². The number of aliphatic hydroxyl groups is 1. The van der Waals surface area contributed by atoms with Crippen molar-refractivity contribution in [2.45, 2.75) is 45.0 Å². The van der Waals surface area contributed by atoms with Gasteiger partial charge in [-0.2, -0.15) is 0 Å². The Kier molecular flexibility index (Phi) is 11.0. The number of aromatic nitrogens is 3. The predicted octanol–water partition coefficient (Wildman–Crippen LogP) is 7.08. The first-order valence-electron chi connectivity index (χ1n) is 17.7. The van der Waals surface area contributed by atoms with E-state index in [9.17, 15) is 9.90 Å². The minimum absolute atomic E-state index is 0.00118. The van der Waals surface area contributed by atoms with E-state index < -0.39 is 6.29 Å². The smallest absolute Gasteiger partial charge is 0.271 e. The highest BCUT2D eigenvalue weighted by molar-refractivity contribution is 5.93. The van der Waals surface area contributed by atoms with Gasteiger partial charge in [0.1, 0.15) is 5.69 Å². The molecule has 1 aliphatic rings. The molecule has 4 atom stereocenters. The largest absolute Gasteiger partial charge is 0.392 e. The van der Waals surface area contributed by atoms with Crippen LogP contribution in [0.5, 0.6) is 0 Å². The van der Waals surface area contributed by atoms with E-state index >= 15 is 0 Å². The molecule has 3 heterocycles. The predicted molar refractivity (Wildman–Crippen MR) is 201 cm³/mol. The van der Waals surface area contributed by atoms with Crippen LogP contribution in [0.3, 0.4) is 0 Å². The molecule has 6 aromatic rings. The van der Waals surface area contributed by atoms with Gasteiger partial charge in [0.15, 0.2) is 6.29 Å². The molecule has 7 rings (SSSR count). The number of nitrogens with zero attached hydrogens (tertiary/aromatic N) is 4. The van der Waals surface area contributed by atoms with E-state index in [2.05, 4.69) is 81.6 Å². The van der Waals surface area contributed by atoms with Crippen LogP contribution in [0.2, 0.25) is 0 Å². The van der Waals surface area contributed by atoms with E-state index in [1.54, 1.807) is 0 Å². The molecule has 2 N–H and O–H groups in total. The average molecular weight is 694 g/mol. The summed E-state index contributed by atoms with van der Waals surface area (Å²) < 4.78 is 13.4. The van der Waals surface area contributed by atoms with Crippen molar-refractivity contribution >= 4 is 16.9 Å². The third kappa shape index (κ3) is 8.41. The third-order valence-electron chi connectivity index (χ3n) is 9.67. The molecule has 1 aliphatic heterocycles. The summed E-state index contributed by atoms with van der Waals surface area (Å²) in [6, 6.07) is 38.0. The van der Waals surface area contributed by atoms with Crippen molar-refractivity contribution in [2.75, 3.05) is 20.1 Å². The zero-order chi connectivity index (χ0) is 35.9. The molecule has 264 valence electrons.